The van der Waals surface area contributed by atoms with Crippen LogP contribution in [0, 0.1) is 5.92 Å². The van der Waals surface area contributed by atoms with Gasteiger partial charge in [-0.3, -0.25) is 0 Å². The fourth-order valence-electron chi connectivity index (χ4n) is 1.13. The SMILES string of the molecule is CCCCC(CC)COC. The smallest absolute Gasteiger partial charge is 0.0490 e. The van der Waals surface area contributed by atoms with Crippen molar-refractivity contribution in [3.63, 3.8) is 0 Å². The first kappa shape index (κ1) is 9.96. The second kappa shape index (κ2) is 7.07. The minimum atomic E-state index is 0.796. The maximum absolute atomic E-state index is 5.09. The van der Waals surface area contributed by atoms with Crippen LogP contribution in [0.2, 0.25) is 0 Å². The van der Waals surface area contributed by atoms with Gasteiger partial charge in [-0.1, -0.05) is 33.1 Å². The molecule has 0 amide bonds. The second-order valence-corrected chi connectivity index (χ2v) is 2.87. The van der Waals surface area contributed by atoms with Crippen LogP contribution in [0.5, 0.6) is 0 Å². The Labute approximate surface area is 64.8 Å². The summed E-state index contributed by atoms with van der Waals surface area (Å²) in [5.74, 6) is 0.796. The van der Waals surface area contributed by atoms with E-state index in [9.17, 15) is 0 Å². The molecule has 0 N–H and O–H groups in total. The molecule has 1 unspecified atom stereocenters. The van der Waals surface area contributed by atoms with Crippen LogP contribution in [0.3, 0.4) is 0 Å². The predicted octanol–water partition coefficient (Wildman–Crippen LogP) is 2.85. The van der Waals surface area contributed by atoms with Crippen LogP contribution in [-0.4, -0.2) is 13.7 Å². The molecule has 0 aliphatic heterocycles. The monoisotopic (exact) mass is 144 g/mol. The van der Waals surface area contributed by atoms with Crippen LogP contribution in [0.15, 0.2) is 0 Å². The van der Waals surface area contributed by atoms with Crippen LogP contribution < -0.4 is 0 Å². The number of rotatable bonds is 6. The van der Waals surface area contributed by atoms with Crippen molar-refractivity contribution in [2.45, 2.75) is 39.5 Å². The highest BCUT2D eigenvalue weighted by Gasteiger charge is 2.03. The average molecular weight is 144 g/mol. The molecule has 0 heterocycles. The molecule has 1 atom stereocenters. The molecule has 0 aromatic heterocycles. The summed E-state index contributed by atoms with van der Waals surface area (Å²) in [7, 11) is 1.79. The lowest BCUT2D eigenvalue weighted by Gasteiger charge is -2.11. The highest BCUT2D eigenvalue weighted by Crippen LogP contribution is 2.11. The molecule has 0 aromatic rings. The Kier molecular flexibility index (Phi) is 7.04. The topological polar surface area (TPSA) is 9.23 Å². The number of hydrogen-bond donors (Lipinski definition) is 0. The number of unbranched alkanes of at least 4 members (excludes halogenated alkanes) is 1. The van der Waals surface area contributed by atoms with Gasteiger partial charge < -0.3 is 4.74 Å². The van der Waals surface area contributed by atoms with Gasteiger partial charge in [-0.05, 0) is 12.3 Å². The zero-order valence-electron chi connectivity index (χ0n) is 7.52. The molecule has 1 heteroatoms. The van der Waals surface area contributed by atoms with Crippen molar-refractivity contribution < 1.29 is 4.74 Å². The maximum Gasteiger partial charge on any atom is 0.0490 e. The van der Waals surface area contributed by atoms with Crippen molar-refractivity contribution in [3.05, 3.63) is 0 Å². The Morgan fingerprint density at radius 3 is 2.40 bits per heavy atom. The lowest BCUT2D eigenvalue weighted by molar-refractivity contribution is 0.144. The van der Waals surface area contributed by atoms with Gasteiger partial charge in [0.2, 0.25) is 0 Å². The molecule has 0 saturated heterocycles. The van der Waals surface area contributed by atoms with Crippen LogP contribution in [0.4, 0.5) is 0 Å². The van der Waals surface area contributed by atoms with Gasteiger partial charge in [0.25, 0.3) is 0 Å². The first-order chi connectivity index (χ1) is 4.85. The summed E-state index contributed by atoms with van der Waals surface area (Å²) in [5, 5.41) is 0. The third kappa shape index (κ3) is 4.80. The van der Waals surface area contributed by atoms with E-state index in [1.54, 1.807) is 7.11 Å². The van der Waals surface area contributed by atoms with E-state index in [0.29, 0.717) is 0 Å². The molecule has 0 spiro atoms. The maximum atomic E-state index is 5.09. The molecule has 0 aliphatic rings. The lowest BCUT2D eigenvalue weighted by Crippen LogP contribution is -2.06. The number of methoxy groups -OCH3 is 1. The van der Waals surface area contributed by atoms with E-state index in [1.807, 2.05) is 0 Å². The van der Waals surface area contributed by atoms with Crippen LogP contribution in [-0.2, 0) is 4.74 Å². The van der Waals surface area contributed by atoms with Crippen LogP contribution >= 0.6 is 0 Å². The van der Waals surface area contributed by atoms with Gasteiger partial charge in [0.05, 0.1) is 0 Å². The van der Waals surface area contributed by atoms with Gasteiger partial charge in [0.1, 0.15) is 0 Å². The normalized spacial score (nSPS) is 13.5. The Morgan fingerprint density at radius 2 is 2.00 bits per heavy atom. The van der Waals surface area contributed by atoms with Crippen molar-refractivity contribution in [1.82, 2.24) is 0 Å². The Bertz CT molecular complexity index is 61.7. The quantitative estimate of drug-likeness (QED) is 0.557. The summed E-state index contributed by atoms with van der Waals surface area (Å²) in [6.07, 6.45) is 5.25. The van der Waals surface area contributed by atoms with Gasteiger partial charge >= 0.3 is 0 Å². The van der Waals surface area contributed by atoms with Crippen molar-refractivity contribution in [2.24, 2.45) is 5.92 Å². The highest BCUT2D eigenvalue weighted by atomic mass is 16.5. The second-order valence-electron chi connectivity index (χ2n) is 2.87. The van der Waals surface area contributed by atoms with Crippen molar-refractivity contribution in [2.75, 3.05) is 13.7 Å². The third-order valence-corrected chi connectivity index (χ3v) is 1.95. The predicted molar refractivity (Wildman–Crippen MR) is 45.2 cm³/mol. The number of ether oxygens (including phenoxy) is 1. The summed E-state index contributed by atoms with van der Waals surface area (Å²) in [6.45, 7) is 5.41. The summed E-state index contributed by atoms with van der Waals surface area (Å²) in [4.78, 5) is 0. The largest absolute Gasteiger partial charge is 0.384 e. The van der Waals surface area contributed by atoms with E-state index in [0.717, 1.165) is 12.5 Å². The molecule has 0 fully saturated rings. The minimum Gasteiger partial charge on any atom is -0.384 e. The van der Waals surface area contributed by atoms with Gasteiger partial charge in [-0.15, -0.1) is 0 Å². The van der Waals surface area contributed by atoms with E-state index in [1.165, 1.54) is 25.7 Å². The molecule has 0 saturated carbocycles. The summed E-state index contributed by atoms with van der Waals surface area (Å²) in [5.41, 5.74) is 0. The molecule has 0 rings (SSSR count). The summed E-state index contributed by atoms with van der Waals surface area (Å²) >= 11 is 0. The fraction of sp³-hybridized carbons (Fsp3) is 1.00. The van der Waals surface area contributed by atoms with Crippen LogP contribution in [0.25, 0.3) is 0 Å². The summed E-state index contributed by atoms with van der Waals surface area (Å²) in [6, 6.07) is 0. The molecule has 0 bridgehead atoms. The number of hydrogen-bond acceptors (Lipinski definition) is 1. The third-order valence-electron chi connectivity index (χ3n) is 1.95. The Hall–Kier alpha value is -0.0400. The van der Waals surface area contributed by atoms with E-state index < -0.39 is 0 Å². The van der Waals surface area contributed by atoms with Crippen molar-refractivity contribution in [3.8, 4) is 0 Å². The van der Waals surface area contributed by atoms with Gasteiger partial charge in [-0.25, -0.2) is 0 Å². The Balaban J connectivity index is 3.21. The van der Waals surface area contributed by atoms with E-state index in [-0.39, 0.29) is 0 Å². The van der Waals surface area contributed by atoms with Crippen molar-refractivity contribution in [1.29, 1.82) is 0 Å². The fourth-order valence-corrected chi connectivity index (χ4v) is 1.13. The molecule has 0 radical (unpaired) electrons. The van der Waals surface area contributed by atoms with E-state index in [4.69, 9.17) is 4.74 Å². The van der Waals surface area contributed by atoms with Crippen LogP contribution in [0.1, 0.15) is 39.5 Å². The zero-order chi connectivity index (χ0) is 7.82. The van der Waals surface area contributed by atoms with Gasteiger partial charge in [0, 0.05) is 13.7 Å². The molecule has 10 heavy (non-hydrogen) atoms. The average Bonchev–Trinajstić information content (AvgIpc) is 1.98. The minimum absolute atomic E-state index is 0.796. The Morgan fingerprint density at radius 1 is 1.30 bits per heavy atom. The molecule has 1 nitrogen and oxygen atoms in total. The van der Waals surface area contributed by atoms with Gasteiger partial charge in [0.15, 0.2) is 0 Å². The lowest BCUT2D eigenvalue weighted by atomic mass is 10.0. The molecule has 62 valence electrons. The first-order valence-corrected chi connectivity index (χ1v) is 4.34. The highest BCUT2D eigenvalue weighted by molar-refractivity contribution is 4.54. The molecule has 0 aromatic carbocycles. The first-order valence-electron chi connectivity index (χ1n) is 4.34. The molecular formula is C9H20O. The van der Waals surface area contributed by atoms with E-state index in [2.05, 4.69) is 13.8 Å². The molecular weight excluding hydrogens is 124 g/mol. The standard InChI is InChI=1S/C9H20O/c1-4-6-7-9(5-2)8-10-3/h9H,4-8H2,1-3H3. The van der Waals surface area contributed by atoms with Gasteiger partial charge in [-0.2, -0.15) is 0 Å². The summed E-state index contributed by atoms with van der Waals surface area (Å²) < 4.78 is 5.09. The van der Waals surface area contributed by atoms with E-state index >= 15 is 0 Å². The zero-order valence-corrected chi connectivity index (χ0v) is 7.52. The van der Waals surface area contributed by atoms with Crippen molar-refractivity contribution >= 4 is 0 Å². The molecule has 0 aliphatic carbocycles.